The molecule has 3 fully saturated rings. The number of rotatable bonds is 2. The summed E-state index contributed by atoms with van der Waals surface area (Å²) >= 11 is 2.04. The van der Waals surface area contributed by atoms with E-state index in [-0.39, 0.29) is 5.60 Å². The van der Waals surface area contributed by atoms with Crippen LogP contribution in [0.3, 0.4) is 0 Å². The highest BCUT2D eigenvalue weighted by Crippen LogP contribution is 2.40. The molecule has 18 heavy (non-hydrogen) atoms. The van der Waals surface area contributed by atoms with Crippen LogP contribution in [0.2, 0.25) is 0 Å². The number of ether oxygens (including phenoxy) is 1. The normalized spacial score (nSPS) is 42.5. The number of hydrogen-bond acceptors (Lipinski definition) is 4. The Morgan fingerprint density at radius 1 is 1.33 bits per heavy atom. The Balaban J connectivity index is 1.67. The fourth-order valence-electron chi connectivity index (χ4n) is 3.85. The molecule has 3 aliphatic heterocycles. The second-order valence-corrected chi connectivity index (χ2v) is 7.16. The van der Waals surface area contributed by atoms with Crippen molar-refractivity contribution in [2.45, 2.75) is 56.2 Å². The van der Waals surface area contributed by atoms with Crippen LogP contribution in [0, 0.1) is 0 Å². The van der Waals surface area contributed by atoms with Gasteiger partial charge in [-0.3, -0.25) is 4.90 Å². The standard InChI is InChI=1S/C14H25NO2S/c16-10-13-3-1-2-6-15(13)12-4-7-17-14(9-12)5-8-18-11-14/h12-13,16H,1-11H2. The van der Waals surface area contributed by atoms with E-state index in [0.717, 1.165) is 13.0 Å². The topological polar surface area (TPSA) is 32.7 Å². The molecule has 3 heterocycles. The van der Waals surface area contributed by atoms with Crippen molar-refractivity contribution in [2.24, 2.45) is 0 Å². The van der Waals surface area contributed by atoms with E-state index in [0.29, 0.717) is 18.7 Å². The Kier molecular flexibility index (Phi) is 4.18. The summed E-state index contributed by atoms with van der Waals surface area (Å²) in [5, 5.41) is 9.57. The molecule has 0 radical (unpaired) electrons. The maximum absolute atomic E-state index is 9.57. The highest BCUT2D eigenvalue weighted by atomic mass is 32.2. The lowest BCUT2D eigenvalue weighted by atomic mass is 9.87. The van der Waals surface area contributed by atoms with Crippen molar-refractivity contribution in [2.75, 3.05) is 31.3 Å². The van der Waals surface area contributed by atoms with Gasteiger partial charge < -0.3 is 9.84 Å². The lowest BCUT2D eigenvalue weighted by Gasteiger charge is -2.46. The third-order valence-electron chi connectivity index (χ3n) is 4.89. The van der Waals surface area contributed by atoms with E-state index in [1.54, 1.807) is 0 Å². The number of nitrogens with zero attached hydrogens (tertiary/aromatic N) is 1. The van der Waals surface area contributed by atoms with Crippen molar-refractivity contribution in [1.29, 1.82) is 0 Å². The molecule has 0 amide bonds. The molecule has 1 N–H and O–H groups in total. The van der Waals surface area contributed by atoms with Crippen LogP contribution in [0.1, 0.15) is 38.5 Å². The number of thioether (sulfide) groups is 1. The summed E-state index contributed by atoms with van der Waals surface area (Å²) in [7, 11) is 0. The van der Waals surface area contributed by atoms with Crippen LogP contribution >= 0.6 is 11.8 Å². The monoisotopic (exact) mass is 271 g/mol. The van der Waals surface area contributed by atoms with E-state index in [1.807, 2.05) is 11.8 Å². The molecule has 0 bridgehead atoms. The molecule has 3 rings (SSSR count). The molecule has 0 aliphatic carbocycles. The summed E-state index contributed by atoms with van der Waals surface area (Å²) in [4.78, 5) is 2.59. The molecule has 0 aromatic heterocycles. The Morgan fingerprint density at radius 2 is 2.28 bits per heavy atom. The first-order chi connectivity index (χ1) is 8.83. The summed E-state index contributed by atoms with van der Waals surface area (Å²) in [6, 6.07) is 1.06. The van der Waals surface area contributed by atoms with Gasteiger partial charge in [0.15, 0.2) is 0 Å². The number of hydrogen-bond donors (Lipinski definition) is 1. The van der Waals surface area contributed by atoms with E-state index in [1.165, 1.54) is 50.2 Å². The third-order valence-corrected chi connectivity index (χ3v) is 6.11. The van der Waals surface area contributed by atoms with E-state index in [4.69, 9.17) is 4.74 Å². The Bertz CT molecular complexity index is 281. The van der Waals surface area contributed by atoms with Crippen molar-refractivity contribution >= 4 is 11.8 Å². The predicted octanol–water partition coefficient (Wildman–Crippen LogP) is 1.89. The number of aliphatic hydroxyl groups is 1. The van der Waals surface area contributed by atoms with Gasteiger partial charge in [0, 0.05) is 24.4 Å². The van der Waals surface area contributed by atoms with Crippen molar-refractivity contribution in [3.8, 4) is 0 Å². The minimum atomic E-state index is 0.172. The zero-order valence-corrected chi connectivity index (χ0v) is 12.0. The molecule has 104 valence electrons. The van der Waals surface area contributed by atoms with Gasteiger partial charge in [-0.25, -0.2) is 0 Å². The van der Waals surface area contributed by atoms with Crippen LogP contribution in [0.15, 0.2) is 0 Å². The minimum Gasteiger partial charge on any atom is -0.395 e. The maximum Gasteiger partial charge on any atom is 0.0795 e. The van der Waals surface area contributed by atoms with Crippen molar-refractivity contribution in [3.05, 3.63) is 0 Å². The van der Waals surface area contributed by atoms with Gasteiger partial charge in [0.05, 0.1) is 12.2 Å². The molecular formula is C14H25NO2S. The lowest BCUT2D eigenvalue weighted by molar-refractivity contribution is -0.102. The zero-order valence-electron chi connectivity index (χ0n) is 11.1. The van der Waals surface area contributed by atoms with Crippen LogP contribution in [-0.4, -0.2) is 59.0 Å². The Morgan fingerprint density at radius 3 is 3.06 bits per heavy atom. The largest absolute Gasteiger partial charge is 0.395 e. The van der Waals surface area contributed by atoms with Gasteiger partial charge in [0.2, 0.25) is 0 Å². The summed E-state index contributed by atoms with van der Waals surface area (Å²) in [6.07, 6.45) is 7.34. The highest BCUT2D eigenvalue weighted by molar-refractivity contribution is 7.99. The lowest BCUT2D eigenvalue weighted by Crippen LogP contribution is -2.54. The van der Waals surface area contributed by atoms with Crippen LogP contribution in [0.4, 0.5) is 0 Å². The summed E-state index contributed by atoms with van der Waals surface area (Å²) in [5.41, 5.74) is 0.172. The van der Waals surface area contributed by atoms with Crippen LogP contribution in [0.5, 0.6) is 0 Å². The molecular weight excluding hydrogens is 246 g/mol. The Hall–Kier alpha value is 0.230. The Labute approximate surface area is 114 Å². The van der Waals surface area contributed by atoms with Crippen LogP contribution in [-0.2, 0) is 4.74 Å². The first-order valence-electron chi connectivity index (χ1n) is 7.41. The summed E-state index contributed by atoms with van der Waals surface area (Å²) < 4.78 is 6.11. The quantitative estimate of drug-likeness (QED) is 0.831. The van der Waals surface area contributed by atoms with Gasteiger partial charge in [-0.1, -0.05) is 6.42 Å². The van der Waals surface area contributed by atoms with Crippen LogP contribution in [0.25, 0.3) is 0 Å². The molecule has 4 heteroatoms. The van der Waals surface area contributed by atoms with Gasteiger partial charge in [-0.05, 0) is 44.4 Å². The molecule has 3 unspecified atom stereocenters. The molecule has 0 aromatic rings. The van der Waals surface area contributed by atoms with Gasteiger partial charge in [0.1, 0.15) is 0 Å². The molecule has 1 spiro atoms. The summed E-state index contributed by atoms with van der Waals surface area (Å²) in [6.45, 7) is 2.43. The number of aliphatic hydroxyl groups excluding tert-OH is 1. The average molecular weight is 271 g/mol. The smallest absolute Gasteiger partial charge is 0.0795 e. The molecule has 0 aromatic carbocycles. The number of likely N-dealkylation sites (tertiary alicyclic amines) is 1. The van der Waals surface area contributed by atoms with Gasteiger partial charge in [-0.15, -0.1) is 0 Å². The SMILES string of the molecule is OCC1CCCCN1C1CCOC2(CCSC2)C1. The molecule has 3 nitrogen and oxygen atoms in total. The van der Waals surface area contributed by atoms with Gasteiger partial charge >= 0.3 is 0 Å². The second kappa shape index (κ2) is 5.70. The van der Waals surface area contributed by atoms with Gasteiger partial charge in [-0.2, -0.15) is 11.8 Å². The first kappa shape index (κ1) is 13.2. The fourth-order valence-corrected chi connectivity index (χ4v) is 5.23. The maximum atomic E-state index is 9.57. The molecule has 3 saturated heterocycles. The van der Waals surface area contributed by atoms with E-state index in [2.05, 4.69) is 4.90 Å². The minimum absolute atomic E-state index is 0.172. The van der Waals surface area contributed by atoms with Crippen molar-refractivity contribution in [1.82, 2.24) is 4.90 Å². The molecule has 0 saturated carbocycles. The number of piperidine rings is 1. The van der Waals surface area contributed by atoms with Gasteiger partial charge in [0.25, 0.3) is 0 Å². The fraction of sp³-hybridized carbons (Fsp3) is 1.00. The predicted molar refractivity (Wildman–Crippen MR) is 75.1 cm³/mol. The van der Waals surface area contributed by atoms with Crippen molar-refractivity contribution < 1.29 is 9.84 Å². The van der Waals surface area contributed by atoms with E-state index < -0.39 is 0 Å². The van der Waals surface area contributed by atoms with E-state index in [9.17, 15) is 5.11 Å². The highest BCUT2D eigenvalue weighted by Gasteiger charge is 2.43. The molecule has 3 atom stereocenters. The second-order valence-electron chi connectivity index (χ2n) is 6.05. The zero-order chi connectivity index (χ0) is 12.4. The first-order valence-corrected chi connectivity index (χ1v) is 8.57. The third kappa shape index (κ3) is 2.58. The average Bonchev–Trinajstić information content (AvgIpc) is 2.86. The van der Waals surface area contributed by atoms with Crippen LogP contribution < -0.4 is 0 Å². The van der Waals surface area contributed by atoms with Crippen molar-refractivity contribution in [3.63, 3.8) is 0 Å². The molecule has 3 aliphatic rings. The summed E-state index contributed by atoms with van der Waals surface area (Å²) in [5.74, 6) is 2.44. The van der Waals surface area contributed by atoms with E-state index >= 15 is 0 Å².